The van der Waals surface area contributed by atoms with Crippen molar-refractivity contribution in [1.82, 2.24) is 14.6 Å². The molecule has 5 nitrogen and oxygen atoms in total. The minimum absolute atomic E-state index is 0.247. The zero-order valence-corrected chi connectivity index (χ0v) is 12.5. The molecule has 0 bridgehead atoms. The van der Waals surface area contributed by atoms with Gasteiger partial charge in [-0.15, -0.1) is 5.10 Å². The van der Waals surface area contributed by atoms with E-state index in [-0.39, 0.29) is 5.56 Å². The number of halogens is 2. The average Bonchev–Trinajstić information content (AvgIpc) is 2.70. The molecule has 0 aliphatic rings. The highest BCUT2D eigenvalue weighted by Crippen LogP contribution is 2.30. The monoisotopic (exact) mass is 327 g/mol. The van der Waals surface area contributed by atoms with Crippen LogP contribution in [0.25, 0.3) is 4.96 Å². The van der Waals surface area contributed by atoms with Crippen LogP contribution < -0.4 is 10.3 Å². The van der Waals surface area contributed by atoms with Crippen molar-refractivity contribution >= 4 is 39.5 Å². The lowest BCUT2D eigenvalue weighted by Gasteiger charge is -2.01. The van der Waals surface area contributed by atoms with Crippen molar-refractivity contribution < 1.29 is 4.74 Å². The van der Waals surface area contributed by atoms with E-state index in [2.05, 4.69) is 10.1 Å². The maximum Gasteiger partial charge on any atom is 0.299 e. The van der Waals surface area contributed by atoms with Gasteiger partial charge in [-0.2, -0.15) is 4.52 Å². The summed E-state index contributed by atoms with van der Waals surface area (Å²) in [6, 6.07) is 6.23. The molecule has 0 saturated carbocycles. The Bertz CT molecular complexity index is 839. The first kappa shape index (κ1) is 13.4. The SMILES string of the molecule is Cc1cc(=O)n2nc(Oc3cc(Cl)cc(Cl)c3)sc2n1. The van der Waals surface area contributed by atoms with Crippen LogP contribution in [0.2, 0.25) is 10.0 Å². The first-order valence-electron chi connectivity index (χ1n) is 5.53. The molecule has 3 aromatic rings. The predicted molar refractivity (Wildman–Crippen MR) is 78.4 cm³/mol. The Labute approximate surface area is 127 Å². The molecule has 8 heteroatoms. The fourth-order valence-electron chi connectivity index (χ4n) is 1.63. The van der Waals surface area contributed by atoms with Gasteiger partial charge in [-0.05, 0) is 36.5 Å². The van der Waals surface area contributed by atoms with Gasteiger partial charge in [0.25, 0.3) is 10.8 Å². The Balaban J connectivity index is 2.03. The van der Waals surface area contributed by atoms with Crippen molar-refractivity contribution in [2.24, 2.45) is 0 Å². The van der Waals surface area contributed by atoms with E-state index in [4.69, 9.17) is 27.9 Å². The predicted octanol–water partition coefficient (Wildman–Crippen LogP) is 3.56. The quantitative estimate of drug-likeness (QED) is 0.722. The Kier molecular flexibility index (Phi) is 3.37. The van der Waals surface area contributed by atoms with Gasteiger partial charge in [0.1, 0.15) is 5.75 Å². The van der Waals surface area contributed by atoms with E-state index in [0.29, 0.717) is 31.6 Å². The van der Waals surface area contributed by atoms with Crippen molar-refractivity contribution in [2.45, 2.75) is 6.92 Å². The van der Waals surface area contributed by atoms with Crippen molar-refractivity contribution in [3.8, 4) is 10.9 Å². The molecular formula is C12H7Cl2N3O2S. The maximum absolute atomic E-state index is 11.7. The molecule has 2 aromatic heterocycles. The van der Waals surface area contributed by atoms with Crippen LogP contribution in [-0.2, 0) is 0 Å². The number of hydrogen-bond donors (Lipinski definition) is 0. The average molecular weight is 328 g/mol. The van der Waals surface area contributed by atoms with Crippen molar-refractivity contribution in [3.63, 3.8) is 0 Å². The van der Waals surface area contributed by atoms with Gasteiger partial charge in [0.2, 0.25) is 4.96 Å². The number of benzene rings is 1. The molecule has 0 amide bonds. The molecule has 0 spiro atoms. The number of aryl methyl sites for hydroxylation is 1. The summed E-state index contributed by atoms with van der Waals surface area (Å²) in [6.07, 6.45) is 0. The summed E-state index contributed by atoms with van der Waals surface area (Å²) >= 11 is 12.9. The number of hydrogen-bond acceptors (Lipinski definition) is 5. The van der Waals surface area contributed by atoms with Crippen LogP contribution in [0.4, 0.5) is 0 Å². The smallest absolute Gasteiger partial charge is 0.299 e. The van der Waals surface area contributed by atoms with E-state index >= 15 is 0 Å². The second-order valence-electron chi connectivity index (χ2n) is 4.01. The molecule has 0 radical (unpaired) electrons. The maximum atomic E-state index is 11.7. The molecule has 20 heavy (non-hydrogen) atoms. The molecule has 0 atom stereocenters. The van der Waals surface area contributed by atoms with Crippen LogP contribution >= 0.6 is 34.5 Å². The van der Waals surface area contributed by atoms with E-state index in [1.807, 2.05) is 0 Å². The first-order valence-corrected chi connectivity index (χ1v) is 7.10. The second kappa shape index (κ2) is 5.05. The zero-order chi connectivity index (χ0) is 14.3. The van der Waals surface area contributed by atoms with Gasteiger partial charge in [-0.1, -0.05) is 23.2 Å². The van der Waals surface area contributed by atoms with Crippen LogP contribution in [0.5, 0.6) is 10.9 Å². The van der Waals surface area contributed by atoms with Gasteiger partial charge in [0.05, 0.1) is 0 Å². The highest BCUT2D eigenvalue weighted by Gasteiger charge is 2.10. The highest BCUT2D eigenvalue weighted by molar-refractivity contribution is 7.18. The Morgan fingerprint density at radius 3 is 2.60 bits per heavy atom. The normalized spacial score (nSPS) is 10.9. The van der Waals surface area contributed by atoms with Gasteiger partial charge in [-0.25, -0.2) is 4.98 Å². The van der Waals surface area contributed by atoms with Gasteiger partial charge < -0.3 is 4.74 Å². The first-order chi connectivity index (χ1) is 9.51. The molecule has 0 unspecified atom stereocenters. The number of rotatable bonds is 2. The number of aromatic nitrogens is 3. The van der Waals surface area contributed by atoms with E-state index in [1.165, 1.54) is 10.6 Å². The zero-order valence-electron chi connectivity index (χ0n) is 10.1. The number of fused-ring (bicyclic) bond motifs is 1. The number of ether oxygens (including phenoxy) is 1. The molecule has 2 heterocycles. The van der Waals surface area contributed by atoms with E-state index in [0.717, 1.165) is 11.3 Å². The molecular weight excluding hydrogens is 321 g/mol. The van der Waals surface area contributed by atoms with E-state index in [1.54, 1.807) is 25.1 Å². The number of nitrogens with zero attached hydrogens (tertiary/aromatic N) is 3. The fraction of sp³-hybridized carbons (Fsp3) is 0.0833. The lowest BCUT2D eigenvalue weighted by Crippen LogP contribution is -2.14. The second-order valence-corrected chi connectivity index (χ2v) is 5.80. The summed E-state index contributed by atoms with van der Waals surface area (Å²) in [5, 5.41) is 5.27. The largest absolute Gasteiger partial charge is 0.430 e. The summed E-state index contributed by atoms with van der Waals surface area (Å²) in [5.74, 6) is 0.450. The van der Waals surface area contributed by atoms with E-state index < -0.39 is 0 Å². The molecule has 1 aromatic carbocycles. The fourth-order valence-corrected chi connectivity index (χ4v) is 2.96. The lowest BCUT2D eigenvalue weighted by atomic mass is 10.3. The third-order valence-corrected chi connectivity index (χ3v) is 3.62. The van der Waals surface area contributed by atoms with Crippen molar-refractivity contribution in [1.29, 1.82) is 0 Å². The minimum Gasteiger partial charge on any atom is -0.430 e. The summed E-state index contributed by atoms with van der Waals surface area (Å²) in [4.78, 5) is 16.4. The molecule has 0 fully saturated rings. The van der Waals surface area contributed by atoms with Crippen LogP contribution in [0, 0.1) is 6.92 Å². The topological polar surface area (TPSA) is 56.5 Å². The van der Waals surface area contributed by atoms with Crippen LogP contribution in [-0.4, -0.2) is 14.6 Å². The Hall–Kier alpha value is -1.63. The Morgan fingerprint density at radius 1 is 1.20 bits per heavy atom. The third kappa shape index (κ3) is 2.63. The molecule has 3 rings (SSSR count). The summed E-state index contributed by atoms with van der Waals surface area (Å²) in [5.41, 5.74) is 0.388. The van der Waals surface area contributed by atoms with Crippen LogP contribution in [0.1, 0.15) is 5.69 Å². The summed E-state index contributed by atoms with van der Waals surface area (Å²) < 4.78 is 6.75. The van der Waals surface area contributed by atoms with Gasteiger partial charge in [-0.3, -0.25) is 4.79 Å². The Morgan fingerprint density at radius 2 is 1.90 bits per heavy atom. The van der Waals surface area contributed by atoms with Gasteiger partial charge in [0, 0.05) is 21.8 Å². The van der Waals surface area contributed by atoms with E-state index in [9.17, 15) is 4.79 Å². The molecule has 0 aliphatic carbocycles. The standard InChI is InChI=1S/C12H7Cl2N3O2S/c1-6-2-10(18)17-11(15-6)20-12(16-17)19-9-4-7(13)3-8(14)5-9/h2-5H,1H3. The molecule has 0 saturated heterocycles. The highest BCUT2D eigenvalue weighted by atomic mass is 35.5. The van der Waals surface area contributed by atoms with Crippen LogP contribution in [0.3, 0.4) is 0 Å². The molecule has 0 aliphatic heterocycles. The van der Waals surface area contributed by atoms with Crippen LogP contribution in [0.15, 0.2) is 29.1 Å². The lowest BCUT2D eigenvalue weighted by molar-refractivity contribution is 0.469. The summed E-state index contributed by atoms with van der Waals surface area (Å²) in [7, 11) is 0. The van der Waals surface area contributed by atoms with Crippen molar-refractivity contribution in [2.75, 3.05) is 0 Å². The van der Waals surface area contributed by atoms with Gasteiger partial charge in [0.15, 0.2) is 0 Å². The van der Waals surface area contributed by atoms with Crippen molar-refractivity contribution in [3.05, 3.63) is 50.4 Å². The molecule has 0 N–H and O–H groups in total. The van der Waals surface area contributed by atoms with Gasteiger partial charge >= 0.3 is 0 Å². The molecule has 102 valence electrons. The minimum atomic E-state index is -0.247. The third-order valence-electron chi connectivity index (χ3n) is 2.40. The summed E-state index contributed by atoms with van der Waals surface area (Å²) in [6.45, 7) is 1.75.